The normalized spacial score (nSPS) is 12.4. The number of nitrogens with zero attached hydrogens (tertiary/aromatic N) is 4. The van der Waals surface area contributed by atoms with Gasteiger partial charge in [0.1, 0.15) is 18.2 Å². The molecule has 1 aromatic carbocycles. The molecule has 1 amide bonds. The van der Waals surface area contributed by atoms with Crippen molar-refractivity contribution in [2.75, 3.05) is 12.3 Å². The zero-order valence-corrected chi connectivity index (χ0v) is 15.2. The number of aromatic amines is 1. The molecule has 3 aromatic rings. The lowest BCUT2D eigenvalue weighted by Crippen LogP contribution is -2.33. The van der Waals surface area contributed by atoms with E-state index in [-0.39, 0.29) is 11.9 Å². The van der Waals surface area contributed by atoms with E-state index in [1.807, 2.05) is 31.2 Å². The summed E-state index contributed by atoms with van der Waals surface area (Å²) >= 11 is 1.53. The number of fused-ring (bicyclic) bond motifs is 1. The first kappa shape index (κ1) is 17.5. The Bertz CT molecular complexity index is 829. The van der Waals surface area contributed by atoms with E-state index in [9.17, 15) is 4.79 Å². The zero-order chi connectivity index (χ0) is 17.6. The minimum atomic E-state index is -0.302. The molecule has 3 rings (SSSR count). The Balaban J connectivity index is 1.66. The summed E-state index contributed by atoms with van der Waals surface area (Å²) in [6, 6.07) is 7.66. The Labute approximate surface area is 150 Å². The largest absolute Gasteiger partial charge is 0.353 e. The monoisotopic (exact) mass is 358 g/mol. The molecule has 2 heterocycles. The topological polar surface area (TPSA) is 88.5 Å². The van der Waals surface area contributed by atoms with Crippen molar-refractivity contribution < 1.29 is 4.79 Å². The van der Waals surface area contributed by atoms with E-state index in [4.69, 9.17) is 4.98 Å². The molecule has 2 aromatic heterocycles. The van der Waals surface area contributed by atoms with Crippen molar-refractivity contribution in [1.82, 2.24) is 30.0 Å². The lowest BCUT2D eigenvalue weighted by atomic mass is 10.2. The Morgan fingerprint density at radius 2 is 2.24 bits per heavy atom. The number of carbonyl (C=O) groups is 1. The Morgan fingerprint density at radius 3 is 3.00 bits per heavy atom. The number of hydrogen-bond acceptors (Lipinski definition) is 5. The van der Waals surface area contributed by atoms with Crippen molar-refractivity contribution in [2.24, 2.45) is 0 Å². The molecular weight excluding hydrogens is 336 g/mol. The van der Waals surface area contributed by atoms with Crippen molar-refractivity contribution in [2.45, 2.75) is 37.9 Å². The first-order valence-corrected chi connectivity index (χ1v) is 9.41. The van der Waals surface area contributed by atoms with Gasteiger partial charge in [-0.3, -0.25) is 9.89 Å². The fourth-order valence-electron chi connectivity index (χ4n) is 2.78. The first-order chi connectivity index (χ1) is 12.2. The predicted octanol–water partition coefficient (Wildman–Crippen LogP) is 2.58. The second kappa shape index (κ2) is 8.15. The van der Waals surface area contributed by atoms with Gasteiger partial charge in [0.25, 0.3) is 0 Å². The van der Waals surface area contributed by atoms with E-state index >= 15 is 0 Å². The first-order valence-electron chi connectivity index (χ1n) is 8.42. The van der Waals surface area contributed by atoms with Crippen LogP contribution in [0.3, 0.4) is 0 Å². The van der Waals surface area contributed by atoms with Gasteiger partial charge in [0, 0.05) is 18.7 Å². The fraction of sp³-hybridized carbons (Fsp3) is 0.412. The molecule has 132 valence electrons. The summed E-state index contributed by atoms with van der Waals surface area (Å²) in [5, 5.41) is 10.3. The van der Waals surface area contributed by atoms with Gasteiger partial charge < -0.3 is 9.88 Å². The molecule has 0 fully saturated rings. The lowest BCUT2D eigenvalue weighted by Gasteiger charge is -2.17. The zero-order valence-electron chi connectivity index (χ0n) is 14.4. The molecule has 0 aliphatic rings. The number of aromatic nitrogens is 5. The Kier molecular flexibility index (Phi) is 5.70. The SMILES string of the molecule is CCCc1nc2ccccc2n1[C@@H](C)C(=O)NCCSc1ncn[nH]1. The summed E-state index contributed by atoms with van der Waals surface area (Å²) in [7, 11) is 0. The summed E-state index contributed by atoms with van der Waals surface area (Å²) in [5.74, 6) is 1.70. The summed E-state index contributed by atoms with van der Waals surface area (Å²) in [5.41, 5.74) is 1.94. The van der Waals surface area contributed by atoms with Crippen molar-refractivity contribution in [3.63, 3.8) is 0 Å². The van der Waals surface area contributed by atoms with E-state index in [1.54, 1.807) is 0 Å². The van der Waals surface area contributed by atoms with Gasteiger partial charge in [0.2, 0.25) is 5.91 Å². The Morgan fingerprint density at radius 1 is 1.40 bits per heavy atom. The highest BCUT2D eigenvalue weighted by Gasteiger charge is 2.20. The van der Waals surface area contributed by atoms with Gasteiger partial charge >= 0.3 is 0 Å². The van der Waals surface area contributed by atoms with Gasteiger partial charge in [-0.1, -0.05) is 30.8 Å². The molecular formula is C17H22N6OS. The summed E-state index contributed by atoms with van der Waals surface area (Å²) in [6.45, 7) is 4.62. The van der Waals surface area contributed by atoms with Crippen LogP contribution in [0.2, 0.25) is 0 Å². The maximum atomic E-state index is 12.6. The number of aryl methyl sites for hydroxylation is 1. The van der Waals surface area contributed by atoms with Crippen LogP contribution in [-0.4, -0.2) is 42.9 Å². The molecule has 0 aliphatic heterocycles. The van der Waals surface area contributed by atoms with Crippen LogP contribution in [0.15, 0.2) is 35.7 Å². The molecule has 7 nitrogen and oxygen atoms in total. The van der Waals surface area contributed by atoms with Crippen molar-refractivity contribution in [3.05, 3.63) is 36.4 Å². The van der Waals surface area contributed by atoms with Crippen LogP contribution < -0.4 is 5.32 Å². The van der Waals surface area contributed by atoms with E-state index in [0.29, 0.717) is 6.54 Å². The molecule has 0 bridgehead atoms. The maximum Gasteiger partial charge on any atom is 0.242 e. The number of benzene rings is 1. The molecule has 2 N–H and O–H groups in total. The summed E-state index contributed by atoms with van der Waals surface area (Å²) in [4.78, 5) is 21.3. The van der Waals surface area contributed by atoms with Crippen molar-refractivity contribution in [3.8, 4) is 0 Å². The maximum absolute atomic E-state index is 12.6. The average Bonchev–Trinajstić information content (AvgIpc) is 3.25. The molecule has 0 spiro atoms. The third-order valence-electron chi connectivity index (χ3n) is 3.94. The lowest BCUT2D eigenvalue weighted by molar-refractivity contribution is -0.123. The number of para-hydroxylation sites is 2. The van der Waals surface area contributed by atoms with E-state index in [2.05, 4.69) is 32.0 Å². The third-order valence-corrected chi connectivity index (χ3v) is 4.82. The van der Waals surface area contributed by atoms with Crippen LogP contribution in [0, 0.1) is 0 Å². The van der Waals surface area contributed by atoms with Crippen LogP contribution in [-0.2, 0) is 11.2 Å². The fourth-order valence-corrected chi connectivity index (χ4v) is 3.41. The number of nitrogens with one attached hydrogen (secondary N) is 2. The number of imidazole rings is 1. The highest BCUT2D eigenvalue weighted by atomic mass is 32.2. The van der Waals surface area contributed by atoms with Gasteiger partial charge in [-0.05, 0) is 25.5 Å². The number of carbonyl (C=O) groups excluding carboxylic acids is 1. The van der Waals surface area contributed by atoms with Gasteiger partial charge in [0.15, 0.2) is 5.16 Å². The molecule has 0 saturated carbocycles. The number of H-pyrrole nitrogens is 1. The smallest absolute Gasteiger partial charge is 0.242 e. The second-order valence-corrected chi connectivity index (χ2v) is 6.83. The average molecular weight is 358 g/mol. The highest BCUT2D eigenvalue weighted by Crippen LogP contribution is 2.22. The third kappa shape index (κ3) is 4.01. The van der Waals surface area contributed by atoms with E-state index in [0.717, 1.165) is 40.6 Å². The molecule has 0 radical (unpaired) electrons. The Hall–Kier alpha value is -2.35. The molecule has 25 heavy (non-hydrogen) atoms. The second-order valence-electron chi connectivity index (χ2n) is 5.74. The van der Waals surface area contributed by atoms with E-state index in [1.165, 1.54) is 18.1 Å². The van der Waals surface area contributed by atoms with Gasteiger partial charge in [-0.15, -0.1) is 0 Å². The van der Waals surface area contributed by atoms with Gasteiger partial charge in [-0.25, -0.2) is 9.97 Å². The number of hydrogen-bond donors (Lipinski definition) is 2. The number of rotatable bonds is 8. The van der Waals surface area contributed by atoms with Crippen LogP contribution in [0.5, 0.6) is 0 Å². The van der Waals surface area contributed by atoms with Crippen LogP contribution in [0.25, 0.3) is 11.0 Å². The van der Waals surface area contributed by atoms with Crippen LogP contribution in [0.4, 0.5) is 0 Å². The highest BCUT2D eigenvalue weighted by molar-refractivity contribution is 7.99. The molecule has 0 unspecified atom stereocenters. The molecule has 0 aliphatic carbocycles. The minimum absolute atomic E-state index is 0.00123. The van der Waals surface area contributed by atoms with Gasteiger partial charge in [-0.2, -0.15) is 5.10 Å². The molecule has 0 saturated heterocycles. The summed E-state index contributed by atoms with van der Waals surface area (Å²) in [6.07, 6.45) is 3.32. The van der Waals surface area contributed by atoms with Crippen LogP contribution >= 0.6 is 11.8 Å². The van der Waals surface area contributed by atoms with Crippen LogP contribution in [0.1, 0.15) is 32.1 Å². The van der Waals surface area contributed by atoms with Crippen molar-refractivity contribution in [1.29, 1.82) is 0 Å². The van der Waals surface area contributed by atoms with Gasteiger partial charge in [0.05, 0.1) is 11.0 Å². The summed E-state index contributed by atoms with van der Waals surface area (Å²) < 4.78 is 2.05. The standard InChI is InChI=1S/C17H22N6OS/c1-3-6-15-21-13-7-4-5-8-14(13)23(15)12(2)16(24)18-9-10-25-17-19-11-20-22-17/h4-5,7-8,11-12H,3,6,9-10H2,1-2H3,(H,18,24)(H,19,20,22)/t12-/m0/s1. The van der Waals surface area contributed by atoms with E-state index < -0.39 is 0 Å². The number of amides is 1. The van der Waals surface area contributed by atoms with Crippen molar-refractivity contribution >= 4 is 28.7 Å². The predicted molar refractivity (Wildman–Crippen MR) is 98.6 cm³/mol. The molecule has 8 heteroatoms. The quantitative estimate of drug-likeness (QED) is 0.477. The molecule has 1 atom stereocenters. The minimum Gasteiger partial charge on any atom is -0.353 e. The number of thioether (sulfide) groups is 1.